The van der Waals surface area contributed by atoms with Crippen LogP contribution in [0.15, 0.2) is 0 Å². The van der Waals surface area contributed by atoms with Crippen molar-refractivity contribution in [2.24, 2.45) is 10.9 Å². The second kappa shape index (κ2) is 2.21. The second-order valence-electron chi connectivity index (χ2n) is 1.12. The van der Waals surface area contributed by atoms with E-state index >= 15 is 0 Å². The standard InChI is InChI=1S/C2H6N2O3S/c3-1-2(5)8(4,6)7/h1,3H2,(H2,4,6,7). The van der Waals surface area contributed by atoms with Crippen LogP contribution in [0.3, 0.4) is 0 Å². The minimum atomic E-state index is -4.02. The topological polar surface area (TPSA) is 103 Å². The highest BCUT2D eigenvalue weighted by Gasteiger charge is 2.12. The molecule has 8 heavy (non-hydrogen) atoms. The zero-order valence-corrected chi connectivity index (χ0v) is 4.81. The Morgan fingerprint density at radius 2 is 1.88 bits per heavy atom. The molecule has 0 aromatic heterocycles. The molecule has 0 aromatic carbocycles. The van der Waals surface area contributed by atoms with Crippen molar-refractivity contribution in [3.8, 4) is 0 Å². The van der Waals surface area contributed by atoms with Gasteiger partial charge in [0.05, 0.1) is 6.54 Å². The van der Waals surface area contributed by atoms with Crippen LogP contribution in [0.5, 0.6) is 0 Å². The van der Waals surface area contributed by atoms with Crippen LogP contribution in [0.4, 0.5) is 0 Å². The molecule has 0 spiro atoms. The van der Waals surface area contributed by atoms with Gasteiger partial charge in [0.1, 0.15) is 0 Å². The van der Waals surface area contributed by atoms with Crippen LogP contribution >= 0.6 is 0 Å². The average Bonchev–Trinajstić information content (AvgIpc) is 1.62. The summed E-state index contributed by atoms with van der Waals surface area (Å²) in [7, 11) is -4.02. The highest BCUT2D eigenvalue weighted by atomic mass is 32.2. The molecule has 6 heteroatoms. The van der Waals surface area contributed by atoms with Crippen LogP contribution in [0.25, 0.3) is 0 Å². The van der Waals surface area contributed by atoms with E-state index < -0.39 is 21.7 Å². The van der Waals surface area contributed by atoms with E-state index in [-0.39, 0.29) is 0 Å². The van der Waals surface area contributed by atoms with Gasteiger partial charge in [-0.3, -0.25) is 4.79 Å². The molecule has 0 aliphatic rings. The fourth-order valence-corrected chi connectivity index (χ4v) is 0.348. The predicted octanol–water partition coefficient (Wildman–Crippen LogP) is -2.24. The van der Waals surface area contributed by atoms with Gasteiger partial charge in [-0.05, 0) is 0 Å². The van der Waals surface area contributed by atoms with Crippen molar-refractivity contribution in [3.63, 3.8) is 0 Å². The zero-order chi connectivity index (χ0) is 6.78. The predicted molar refractivity (Wildman–Crippen MR) is 27.2 cm³/mol. The summed E-state index contributed by atoms with van der Waals surface area (Å²) in [4.78, 5) is 10.00. The molecule has 0 aromatic rings. The van der Waals surface area contributed by atoms with E-state index in [1.165, 1.54) is 0 Å². The van der Waals surface area contributed by atoms with Crippen LogP contribution < -0.4 is 10.9 Å². The van der Waals surface area contributed by atoms with E-state index in [9.17, 15) is 13.2 Å². The first-order valence-corrected chi connectivity index (χ1v) is 3.29. The molecular weight excluding hydrogens is 132 g/mol. The number of primary sulfonamides is 1. The number of nitrogens with two attached hydrogens (primary N) is 2. The van der Waals surface area contributed by atoms with Gasteiger partial charge in [0.15, 0.2) is 0 Å². The maximum Gasteiger partial charge on any atom is 0.274 e. The zero-order valence-electron chi connectivity index (χ0n) is 3.99. The summed E-state index contributed by atoms with van der Waals surface area (Å²) in [5.41, 5.74) is 4.65. The van der Waals surface area contributed by atoms with Crippen LogP contribution in [0, 0.1) is 0 Å². The van der Waals surface area contributed by atoms with Crippen LogP contribution in [0.1, 0.15) is 0 Å². The fraction of sp³-hybridized carbons (Fsp3) is 0.500. The fourth-order valence-electron chi connectivity index (χ4n) is 0.116. The van der Waals surface area contributed by atoms with E-state index in [2.05, 4.69) is 10.9 Å². The van der Waals surface area contributed by atoms with Gasteiger partial charge in [-0.2, -0.15) is 0 Å². The lowest BCUT2D eigenvalue weighted by Gasteiger charge is -1.87. The summed E-state index contributed by atoms with van der Waals surface area (Å²) in [5, 5.41) is 3.19. The molecule has 0 saturated heterocycles. The number of rotatable bonds is 1. The summed E-state index contributed by atoms with van der Waals surface area (Å²) in [6.45, 7) is -0.557. The molecule has 0 saturated carbocycles. The maximum absolute atomic E-state index is 10.00. The Balaban J connectivity index is 4.29. The van der Waals surface area contributed by atoms with Crippen LogP contribution in [-0.2, 0) is 14.8 Å². The van der Waals surface area contributed by atoms with E-state index in [0.29, 0.717) is 0 Å². The van der Waals surface area contributed by atoms with Crippen molar-refractivity contribution in [2.75, 3.05) is 6.54 Å². The summed E-state index contributed by atoms with van der Waals surface area (Å²) in [5.74, 6) is 0. The van der Waals surface area contributed by atoms with Gasteiger partial charge in [0.2, 0.25) is 0 Å². The van der Waals surface area contributed by atoms with E-state index in [4.69, 9.17) is 0 Å². The molecule has 0 rings (SSSR count). The summed E-state index contributed by atoms with van der Waals surface area (Å²) in [6, 6.07) is 0. The van der Waals surface area contributed by atoms with Crippen LogP contribution in [0.2, 0.25) is 0 Å². The minimum absolute atomic E-state index is 0.557. The molecule has 0 bridgehead atoms. The number of hydrogen-bond donors (Lipinski definition) is 2. The summed E-state index contributed by atoms with van der Waals surface area (Å²) in [6.07, 6.45) is 0. The SMILES string of the molecule is NCC(=O)S(N)(=O)=O. The third-order valence-corrected chi connectivity index (χ3v) is 1.29. The lowest BCUT2D eigenvalue weighted by Crippen LogP contribution is -2.29. The average molecular weight is 138 g/mol. The first-order chi connectivity index (χ1) is 3.48. The molecule has 0 amide bonds. The second-order valence-corrected chi connectivity index (χ2v) is 2.67. The molecule has 0 aliphatic carbocycles. The molecule has 0 aliphatic heterocycles. The monoisotopic (exact) mass is 138 g/mol. The minimum Gasteiger partial charge on any atom is -0.323 e. The van der Waals surface area contributed by atoms with Crippen molar-refractivity contribution < 1.29 is 13.2 Å². The number of sulfonamides is 1. The molecule has 5 nitrogen and oxygen atoms in total. The van der Waals surface area contributed by atoms with Gasteiger partial charge in [-0.25, -0.2) is 13.6 Å². The number of hydrogen-bond acceptors (Lipinski definition) is 4. The van der Waals surface area contributed by atoms with Gasteiger partial charge in [0.25, 0.3) is 15.1 Å². The molecule has 0 radical (unpaired) electrons. The van der Waals surface area contributed by atoms with Crippen molar-refractivity contribution in [1.82, 2.24) is 0 Å². The molecular formula is C2H6N2O3S. The van der Waals surface area contributed by atoms with E-state index in [0.717, 1.165) is 0 Å². The Hall–Kier alpha value is -0.460. The highest BCUT2D eigenvalue weighted by molar-refractivity contribution is 8.04. The number of carbonyl (C=O) groups is 1. The maximum atomic E-state index is 10.00. The van der Waals surface area contributed by atoms with Gasteiger partial charge in [-0.15, -0.1) is 0 Å². The Kier molecular flexibility index (Phi) is 2.08. The molecule has 48 valence electrons. The lowest BCUT2D eigenvalue weighted by atomic mass is 10.8. The molecule has 4 N–H and O–H groups in total. The smallest absolute Gasteiger partial charge is 0.274 e. The van der Waals surface area contributed by atoms with E-state index in [1.807, 2.05) is 0 Å². The lowest BCUT2D eigenvalue weighted by molar-refractivity contribution is -0.110. The van der Waals surface area contributed by atoms with Crippen molar-refractivity contribution >= 4 is 15.1 Å². The first-order valence-electron chi connectivity index (χ1n) is 1.74. The molecule has 0 heterocycles. The van der Waals surface area contributed by atoms with Gasteiger partial charge < -0.3 is 5.73 Å². The molecule has 0 fully saturated rings. The Labute approximate surface area is 46.7 Å². The van der Waals surface area contributed by atoms with Gasteiger partial charge >= 0.3 is 0 Å². The van der Waals surface area contributed by atoms with Crippen molar-refractivity contribution in [3.05, 3.63) is 0 Å². The van der Waals surface area contributed by atoms with Gasteiger partial charge in [-0.1, -0.05) is 0 Å². The third-order valence-electron chi connectivity index (χ3n) is 0.484. The normalized spacial score (nSPS) is 11.2. The van der Waals surface area contributed by atoms with Crippen molar-refractivity contribution in [2.45, 2.75) is 0 Å². The third kappa shape index (κ3) is 2.01. The Morgan fingerprint density at radius 3 is 1.88 bits per heavy atom. The van der Waals surface area contributed by atoms with Crippen LogP contribution in [-0.4, -0.2) is 20.1 Å². The molecule has 0 atom stereocenters. The summed E-state index contributed by atoms with van der Waals surface area (Å²) >= 11 is 0. The largest absolute Gasteiger partial charge is 0.323 e. The Morgan fingerprint density at radius 1 is 1.50 bits per heavy atom. The molecule has 0 unspecified atom stereocenters. The van der Waals surface area contributed by atoms with Gasteiger partial charge in [0, 0.05) is 0 Å². The summed E-state index contributed by atoms with van der Waals surface area (Å²) < 4.78 is 19.8. The Bertz CT molecular complexity index is 181. The number of carbonyl (C=O) groups excluding carboxylic acids is 1. The first kappa shape index (κ1) is 7.54. The highest BCUT2D eigenvalue weighted by Crippen LogP contribution is 1.74. The van der Waals surface area contributed by atoms with Crippen molar-refractivity contribution in [1.29, 1.82) is 0 Å². The van der Waals surface area contributed by atoms with E-state index in [1.54, 1.807) is 0 Å². The quantitative estimate of drug-likeness (QED) is 0.427.